The number of Topliss-reactive ketones (excluding diaryl/α,β-unsaturated/α-hetero) is 1. The van der Waals surface area contributed by atoms with Crippen molar-refractivity contribution in [2.45, 2.75) is 32.6 Å². The highest BCUT2D eigenvalue weighted by Gasteiger charge is 2.31. The summed E-state index contributed by atoms with van der Waals surface area (Å²) in [5.41, 5.74) is 11.0. The van der Waals surface area contributed by atoms with Crippen molar-refractivity contribution in [2.24, 2.45) is 0 Å². The molecule has 0 atom stereocenters. The van der Waals surface area contributed by atoms with E-state index in [2.05, 4.69) is 15.2 Å². The Morgan fingerprint density at radius 3 is 2.47 bits per heavy atom. The molecule has 1 aliphatic heterocycles. The number of H-pyrrole nitrogens is 1. The van der Waals surface area contributed by atoms with E-state index < -0.39 is 0 Å². The van der Waals surface area contributed by atoms with Gasteiger partial charge in [-0.25, -0.2) is 4.98 Å². The molecule has 2 aromatic heterocycles. The average molecular weight is 452 g/mol. The van der Waals surface area contributed by atoms with Gasteiger partial charge in [-0.2, -0.15) is 0 Å². The number of carbonyl (C=O) groups excluding carboxylic acids is 2. The van der Waals surface area contributed by atoms with E-state index in [4.69, 9.17) is 10.5 Å². The summed E-state index contributed by atoms with van der Waals surface area (Å²) >= 11 is 1.41. The normalized spacial score (nSPS) is 16.1. The van der Waals surface area contributed by atoms with Crippen LogP contribution in [0.3, 0.4) is 0 Å². The van der Waals surface area contributed by atoms with E-state index >= 15 is 0 Å². The number of ether oxygens (including phenoxy) is 1. The van der Waals surface area contributed by atoms with Gasteiger partial charge in [-0.05, 0) is 62.4 Å². The number of nitrogens with two attached hydrogens (primary N) is 1. The maximum Gasteiger partial charge on any atom is 0.279 e. The maximum absolute atomic E-state index is 13.1. The van der Waals surface area contributed by atoms with Gasteiger partial charge >= 0.3 is 0 Å². The van der Waals surface area contributed by atoms with E-state index in [0.717, 1.165) is 68.0 Å². The first kappa shape index (κ1) is 20.9. The number of hydrogen-bond donors (Lipinski definition) is 2. The van der Waals surface area contributed by atoms with Gasteiger partial charge in [-0.3, -0.25) is 14.5 Å². The molecule has 2 aliphatic rings. The summed E-state index contributed by atoms with van der Waals surface area (Å²) in [5.74, 6) is 0.918. The summed E-state index contributed by atoms with van der Waals surface area (Å²) in [7, 11) is 0. The molecule has 3 heterocycles. The Morgan fingerprint density at radius 1 is 1.09 bits per heavy atom. The Morgan fingerprint density at radius 2 is 1.78 bits per heavy atom. The zero-order valence-electron chi connectivity index (χ0n) is 18.1. The Hall–Kier alpha value is -2.97. The number of aromatic amines is 1. The Bertz CT molecular complexity index is 1200. The number of fused-ring (bicyclic) bond motifs is 3. The fourth-order valence-electron chi connectivity index (χ4n) is 4.66. The smallest absolute Gasteiger partial charge is 0.279 e. The number of aromatic nitrogens is 1. The second-order valence-corrected chi connectivity index (χ2v) is 9.39. The number of rotatable bonds is 4. The minimum Gasteiger partial charge on any atom is -0.397 e. The number of anilines is 3. The van der Waals surface area contributed by atoms with Crippen LogP contribution in [0.15, 0.2) is 24.3 Å². The molecule has 7 nitrogen and oxygen atoms in total. The van der Waals surface area contributed by atoms with E-state index in [-0.39, 0.29) is 11.7 Å². The first-order valence-electron chi connectivity index (χ1n) is 11.1. The lowest BCUT2D eigenvalue weighted by atomic mass is 9.89. The molecule has 1 aliphatic carbocycles. The van der Waals surface area contributed by atoms with E-state index in [1.807, 2.05) is 0 Å². The summed E-state index contributed by atoms with van der Waals surface area (Å²) < 4.78 is 5.54. The van der Waals surface area contributed by atoms with Crippen molar-refractivity contribution in [3.63, 3.8) is 0 Å². The molecule has 4 N–H and O–H groups in total. The maximum atomic E-state index is 13.1. The van der Waals surface area contributed by atoms with Crippen LogP contribution < -0.4 is 20.9 Å². The summed E-state index contributed by atoms with van der Waals surface area (Å²) in [4.78, 5) is 32.0. The number of pyridine rings is 1. The van der Waals surface area contributed by atoms with E-state index in [0.29, 0.717) is 21.8 Å². The van der Waals surface area contributed by atoms with Gasteiger partial charge in [0, 0.05) is 16.8 Å². The number of carbonyl (C=O) groups is 2. The number of benzene rings is 1. The average Bonchev–Trinajstić information content (AvgIpc) is 3.16. The molecule has 5 rings (SSSR count). The lowest BCUT2D eigenvalue weighted by molar-refractivity contribution is -0.328. The first-order chi connectivity index (χ1) is 15.5. The van der Waals surface area contributed by atoms with Gasteiger partial charge in [0.05, 0.1) is 24.3 Å². The summed E-state index contributed by atoms with van der Waals surface area (Å²) in [6, 6.07) is 6.90. The molecule has 0 spiro atoms. The van der Waals surface area contributed by atoms with Crippen LogP contribution in [-0.4, -0.2) is 38.0 Å². The van der Waals surface area contributed by atoms with E-state index in [1.54, 1.807) is 24.3 Å². The largest absolute Gasteiger partial charge is 0.397 e. The van der Waals surface area contributed by atoms with Crippen molar-refractivity contribution in [3.05, 3.63) is 45.8 Å². The molecule has 0 radical (unpaired) electrons. The molecule has 1 fully saturated rings. The van der Waals surface area contributed by atoms with Crippen molar-refractivity contribution in [2.75, 3.05) is 42.3 Å². The summed E-state index contributed by atoms with van der Waals surface area (Å²) in [6.45, 7) is 4.69. The minimum atomic E-state index is -0.231. The van der Waals surface area contributed by atoms with Crippen molar-refractivity contribution in [1.82, 2.24) is 0 Å². The van der Waals surface area contributed by atoms with Crippen LogP contribution in [0.4, 0.5) is 17.2 Å². The predicted molar refractivity (Wildman–Crippen MR) is 127 cm³/mol. The van der Waals surface area contributed by atoms with Gasteiger partial charge in [0.2, 0.25) is 0 Å². The monoisotopic (exact) mass is 451 g/mol. The van der Waals surface area contributed by atoms with Crippen LogP contribution in [0.25, 0.3) is 10.2 Å². The molecule has 0 saturated carbocycles. The SMILES string of the molecule is CC(=O)c1ccc(NC(=O)c2sc3[nH+]c(N4CCOCC4)c4c(c3c2N)CCCC4)cc1. The molecule has 1 amide bonds. The number of nitrogen functional groups attached to an aromatic ring is 1. The number of hydrogen-bond acceptors (Lipinski definition) is 6. The Kier molecular flexibility index (Phi) is 5.57. The molecule has 0 unspecified atom stereocenters. The number of amides is 1. The van der Waals surface area contributed by atoms with E-state index in [9.17, 15) is 9.59 Å². The molecule has 0 bridgehead atoms. The molecule has 1 saturated heterocycles. The fraction of sp³-hybridized carbons (Fsp3) is 0.375. The third-order valence-electron chi connectivity index (χ3n) is 6.32. The van der Waals surface area contributed by atoms with Crippen LogP contribution in [0, 0.1) is 0 Å². The van der Waals surface area contributed by atoms with Gasteiger partial charge in [-0.1, -0.05) is 11.3 Å². The summed E-state index contributed by atoms with van der Waals surface area (Å²) in [5, 5.41) is 3.92. The molecule has 166 valence electrons. The van der Waals surface area contributed by atoms with Crippen LogP contribution in [0.5, 0.6) is 0 Å². The zero-order valence-corrected chi connectivity index (χ0v) is 18.9. The molecule has 8 heteroatoms. The van der Waals surface area contributed by atoms with Gasteiger partial charge in [0.15, 0.2) is 10.6 Å². The standard InChI is InChI=1S/C24H26N4O3S/c1-14(29)15-6-8-16(9-7-15)26-23(30)21-20(25)19-17-4-2-3-5-18(17)22(27-24(19)32-21)28-10-12-31-13-11-28/h6-9H,2-5,10-13,25H2,1H3,(H,26,30)/p+1. The summed E-state index contributed by atoms with van der Waals surface area (Å²) in [6.07, 6.45) is 4.30. The lowest BCUT2D eigenvalue weighted by Crippen LogP contribution is -2.40. The highest BCUT2D eigenvalue weighted by Crippen LogP contribution is 2.40. The molecule has 32 heavy (non-hydrogen) atoms. The zero-order chi connectivity index (χ0) is 22.2. The minimum absolute atomic E-state index is 0.00647. The van der Waals surface area contributed by atoms with Crippen LogP contribution >= 0.6 is 11.3 Å². The lowest BCUT2D eigenvalue weighted by Gasteiger charge is -2.26. The highest BCUT2D eigenvalue weighted by molar-refractivity contribution is 7.21. The Labute approximate surface area is 190 Å². The second-order valence-electron chi connectivity index (χ2n) is 8.37. The van der Waals surface area contributed by atoms with Crippen LogP contribution in [0.1, 0.15) is 50.9 Å². The quantitative estimate of drug-likeness (QED) is 0.592. The molecule has 3 aromatic rings. The predicted octanol–water partition coefficient (Wildman–Crippen LogP) is 3.47. The number of ketones is 1. The molecular weight excluding hydrogens is 424 g/mol. The van der Waals surface area contributed by atoms with Crippen molar-refractivity contribution in [1.29, 1.82) is 0 Å². The van der Waals surface area contributed by atoms with Gasteiger partial charge in [0.25, 0.3) is 11.7 Å². The fourth-order valence-corrected chi connectivity index (χ4v) is 5.70. The number of nitrogens with one attached hydrogen (secondary N) is 2. The third-order valence-corrected chi connectivity index (χ3v) is 7.44. The second kappa shape index (κ2) is 8.52. The highest BCUT2D eigenvalue weighted by atomic mass is 32.1. The molecular formula is C24H27N4O3S+. The number of morpholine rings is 1. The van der Waals surface area contributed by atoms with Crippen molar-refractivity contribution >= 4 is 50.4 Å². The van der Waals surface area contributed by atoms with E-state index in [1.165, 1.54) is 29.4 Å². The number of thiophene rings is 1. The van der Waals surface area contributed by atoms with Crippen molar-refractivity contribution < 1.29 is 19.3 Å². The van der Waals surface area contributed by atoms with Crippen molar-refractivity contribution in [3.8, 4) is 0 Å². The first-order valence-corrected chi connectivity index (χ1v) is 11.9. The number of nitrogens with zero attached hydrogens (tertiary/aromatic N) is 1. The Balaban J connectivity index is 1.52. The number of aryl methyl sites for hydroxylation is 1. The van der Waals surface area contributed by atoms with Gasteiger partial charge in [0.1, 0.15) is 18.0 Å². The van der Waals surface area contributed by atoms with Gasteiger partial charge in [-0.15, -0.1) is 0 Å². The molecule has 1 aromatic carbocycles. The van der Waals surface area contributed by atoms with Crippen LogP contribution in [-0.2, 0) is 17.6 Å². The van der Waals surface area contributed by atoms with Crippen LogP contribution in [0.2, 0.25) is 0 Å². The van der Waals surface area contributed by atoms with Gasteiger partial charge < -0.3 is 15.8 Å². The third kappa shape index (κ3) is 3.73. The topological polar surface area (TPSA) is 98.8 Å².